The van der Waals surface area contributed by atoms with E-state index in [4.69, 9.17) is 0 Å². The number of pyridine rings is 1. The van der Waals surface area contributed by atoms with E-state index in [2.05, 4.69) is 30.8 Å². The van der Waals surface area contributed by atoms with Crippen molar-refractivity contribution in [2.45, 2.75) is 19.8 Å². The Hall–Kier alpha value is -4.44. The number of amides is 1. The average Bonchev–Trinajstić information content (AvgIpc) is 3.76. The van der Waals surface area contributed by atoms with E-state index in [0.717, 1.165) is 55.7 Å². The second kappa shape index (κ2) is 9.79. The van der Waals surface area contributed by atoms with Crippen LogP contribution in [-0.4, -0.2) is 51.7 Å². The minimum Gasteiger partial charge on any atom is -0.506 e. The van der Waals surface area contributed by atoms with E-state index in [-0.39, 0.29) is 29.1 Å². The number of rotatable bonds is 6. The van der Waals surface area contributed by atoms with Crippen molar-refractivity contribution in [2.24, 2.45) is 5.92 Å². The van der Waals surface area contributed by atoms with Crippen molar-refractivity contribution in [3.05, 3.63) is 70.6 Å². The third kappa shape index (κ3) is 4.78. The highest BCUT2D eigenvalue weighted by atomic mass is 16.3. The van der Waals surface area contributed by atoms with Crippen LogP contribution in [0.15, 0.2) is 59.5 Å². The van der Waals surface area contributed by atoms with Gasteiger partial charge in [0.25, 0.3) is 5.56 Å². The number of nitrogens with zero attached hydrogens (tertiary/aromatic N) is 4. The Morgan fingerprint density at radius 1 is 1.08 bits per heavy atom. The standard InChI is InChI=1S/C28H29N7O3/c1-17-13-25(37)35(21-4-2-3-19(14-21)31-27(38)18-5-6-18)26-22(17)16-30-28(33-26)32-23-8-7-20(15-24(23)36)34-11-9-29-10-12-34/h2-4,7-8,13-16,18,29,36H,5-6,9-12H2,1H3,(H,31,38)(H,30,32,33). The molecule has 4 N–H and O–H groups in total. The molecular formula is C28H29N7O3. The number of hydrogen-bond donors (Lipinski definition) is 4. The lowest BCUT2D eigenvalue weighted by atomic mass is 10.2. The summed E-state index contributed by atoms with van der Waals surface area (Å²) < 4.78 is 1.51. The molecule has 1 aliphatic heterocycles. The zero-order valence-electron chi connectivity index (χ0n) is 21.1. The van der Waals surface area contributed by atoms with Crippen LogP contribution in [-0.2, 0) is 4.79 Å². The Balaban J connectivity index is 1.34. The fourth-order valence-electron chi connectivity index (χ4n) is 4.74. The number of phenols is 1. The van der Waals surface area contributed by atoms with Crippen molar-refractivity contribution in [1.29, 1.82) is 0 Å². The van der Waals surface area contributed by atoms with Gasteiger partial charge >= 0.3 is 0 Å². The molecule has 0 atom stereocenters. The second-order valence-electron chi connectivity index (χ2n) is 9.81. The monoisotopic (exact) mass is 511 g/mol. The van der Waals surface area contributed by atoms with Crippen LogP contribution in [0.1, 0.15) is 18.4 Å². The van der Waals surface area contributed by atoms with Crippen molar-refractivity contribution in [1.82, 2.24) is 19.9 Å². The second-order valence-corrected chi connectivity index (χ2v) is 9.81. The molecule has 2 fully saturated rings. The maximum Gasteiger partial charge on any atom is 0.257 e. The van der Waals surface area contributed by atoms with Crippen molar-refractivity contribution in [2.75, 3.05) is 41.7 Å². The van der Waals surface area contributed by atoms with E-state index < -0.39 is 0 Å². The van der Waals surface area contributed by atoms with Crippen molar-refractivity contribution >= 4 is 40.0 Å². The van der Waals surface area contributed by atoms with Crippen molar-refractivity contribution in [3.63, 3.8) is 0 Å². The third-order valence-electron chi connectivity index (χ3n) is 7.00. The van der Waals surface area contributed by atoms with Gasteiger partial charge in [-0.05, 0) is 55.7 Å². The van der Waals surface area contributed by atoms with Gasteiger partial charge in [-0.3, -0.25) is 14.2 Å². The number of carbonyl (C=O) groups excluding carboxylic acids is 1. The first-order valence-corrected chi connectivity index (χ1v) is 12.8. The van der Waals surface area contributed by atoms with Crippen LogP contribution < -0.4 is 26.4 Å². The van der Waals surface area contributed by atoms with Crippen LogP contribution in [0.25, 0.3) is 16.7 Å². The first-order valence-electron chi connectivity index (χ1n) is 12.8. The molecule has 1 saturated heterocycles. The van der Waals surface area contributed by atoms with E-state index in [9.17, 15) is 14.7 Å². The highest BCUT2D eigenvalue weighted by Crippen LogP contribution is 2.32. The van der Waals surface area contributed by atoms with Crippen LogP contribution in [0.4, 0.5) is 23.0 Å². The molecule has 1 amide bonds. The summed E-state index contributed by atoms with van der Waals surface area (Å²) in [5.41, 5.74) is 3.57. The zero-order chi connectivity index (χ0) is 26.2. The molecule has 38 heavy (non-hydrogen) atoms. The molecule has 3 heterocycles. The molecule has 2 aromatic carbocycles. The lowest BCUT2D eigenvalue weighted by Crippen LogP contribution is -2.43. The SMILES string of the molecule is Cc1cc(=O)n(-c2cccc(NC(=O)C3CC3)c2)c2nc(Nc3ccc(N4CCNCC4)cc3O)ncc12. The molecule has 194 valence electrons. The molecule has 1 aliphatic carbocycles. The normalized spacial score (nSPS) is 15.4. The molecule has 0 unspecified atom stereocenters. The van der Waals surface area contributed by atoms with E-state index in [0.29, 0.717) is 22.7 Å². The number of nitrogens with one attached hydrogen (secondary N) is 3. The number of piperazine rings is 1. The summed E-state index contributed by atoms with van der Waals surface area (Å²) in [4.78, 5) is 36.8. The number of aromatic hydroxyl groups is 1. The molecule has 2 aliphatic rings. The topological polar surface area (TPSA) is 124 Å². The Bertz CT molecular complexity index is 1590. The predicted molar refractivity (Wildman–Crippen MR) is 148 cm³/mol. The molecule has 1 saturated carbocycles. The third-order valence-corrected chi connectivity index (χ3v) is 7.00. The average molecular weight is 512 g/mol. The fourth-order valence-corrected chi connectivity index (χ4v) is 4.74. The van der Waals surface area contributed by atoms with Crippen molar-refractivity contribution in [3.8, 4) is 11.4 Å². The van der Waals surface area contributed by atoms with Crippen LogP contribution in [0.3, 0.4) is 0 Å². The molecular weight excluding hydrogens is 482 g/mol. The number of anilines is 4. The van der Waals surface area contributed by atoms with Gasteiger partial charge in [0.1, 0.15) is 5.75 Å². The lowest BCUT2D eigenvalue weighted by Gasteiger charge is -2.29. The van der Waals surface area contributed by atoms with Crippen LogP contribution in [0, 0.1) is 12.8 Å². The molecule has 0 spiro atoms. The summed E-state index contributed by atoms with van der Waals surface area (Å²) in [6.07, 6.45) is 3.49. The maximum absolute atomic E-state index is 13.2. The summed E-state index contributed by atoms with van der Waals surface area (Å²) in [5.74, 6) is 0.412. The molecule has 10 nitrogen and oxygen atoms in total. The Labute approximate surface area is 219 Å². The predicted octanol–water partition coefficient (Wildman–Crippen LogP) is 3.30. The highest BCUT2D eigenvalue weighted by molar-refractivity contribution is 5.94. The number of fused-ring (bicyclic) bond motifs is 1. The number of carbonyl (C=O) groups is 1. The summed E-state index contributed by atoms with van der Waals surface area (Å²) in [6, 6.07) is 14.2. The van der Waals surface area contributed by atoms with Gasteiger partial charge in [0.05, 0.1) is 11.4 Å². The van der Waals surface area contributed by atoms with Gasteiger partial charge in [-0.1, -0.05) is 6.07 Å². The largest absolute Gasteiger partial charge is 0.506 e. The Morgan fingerprint density at radius 2 is 1.89 bits per heavy atom. The quantitative estimate of drug-likeness (QED) is 0.291. The van der Waals surface area contributed by atoms with Crippen LogP contribution in [0.2, 0.25) is 0 Å². The number of phenolic OH excluding ortho intramolecular Hbond substituents is 1. The zero-order valence-corrected chi connectivity index (χ0v) is 21.1. The number of hydrogen-bond acceptors (Lipinski definition) is 8. The van der Waals surface area contributed by atoms with Gasteiger partial charge in [-0.25, -0.2) is 4.98 Å². The van der Waals surface area contributed by atoms with Crippen LogP contribution in [0.5, 0.6) is 5.75 Å². The fraction of sp³-hybridized carbons (Fsp3) is 0.286. The van der Waals surface area contributed by atoms with E-state index in [1.165, 1.54) is 4.57 Å². The summed E-state index contributed by atoms with van der Waals surface area (Å²) in [6.45, 7) is 5.41. The molecule has 0 bridgehead atoms. The van der Waals surface area contributed by atoms with E-state index in [1.54, 1.807) is 48.7 Å². The number of aryl methyl sites for hydroxylation is 1. The Kier molecular flexibility index (Phi) is 6.16. The van der Waals surface area contributed by atoms with E-state index in [1.807, 2.05) is 13.0 Å². The van der Waals surface area contributed by atoms with Crippen molar-refractivity contribution < 1.29 is 9.90 Å². The molecule has 4 aromatic rings. The molecule has 6 rings (SSSR count). The highest BCUT2D eigenvalue weighted by Gasteiger charge is 2.29. The van der Waals surface area contributed by atoms with Crippen LogP contribution >= 0.6 is 0 Å². The van der Waals surface area contributed by atoms with Gasteiger partial charge in [-0.2, -0.15) is 4.98 Å². The summed E-state index contributed by atoms with van der Waals surface area (Å²) in [5, 5.41) is 20.8. The first kappa shape index (κ1) is 23.9. The van der Waals surface area contributed by atoms with Gasteiger partial charge in [0.15, 0.2) is 5.65 Å². The summed E-state index contributed by atoms with van der Waals surface area (Å²) in [7, 11) is 0. The Morgan fingerprint density at radius 3 is 2.66 bits per heavy atom. The smallest absolute Gasteiger partial charge is 0.257 e. The molecule has 10 heteroatoms. The minimum absolute atomic E-state index is 0.000137. The lowest BCUT2D eigenvalue weighted by molar-refractivity contribution is -0.117. The molecule has 0 radical (unpaired) electrons. The van der Waals surface area contributed by atoms with Gasteiger partial charge in [0, 0.05) is 67.2 Å². The van der Waals surface area contributed by atoms with Gasteiger partial charge < -0.3 is 26.0 Å². The number of benzene rings is 2. The maximum atomic E-state index is 13.2. The van der Waals surface area contributed by atoms with E-state index >= 15 is 0 Å². The summed E-state index contributed by atoms with van der Waals surface area (Å²) >= 11 is 0. The van der Waals surface area contributed by atoms with Gasteiger partial charge in [-0.15, -0.1) is 0 Å². The van der Waals surface area contributed by atoms with Gasteiger partial charge in [0.2, 0.25) is 11.9 Å². The minimum atomic E-state index is -0.242. The molecule has 2 aromatic heterocycles. The first-order chi connectivity index (χ1) is 18.5. The number of aromatic nitrogens is 3.